The van der Waals surface area contributed by atoms with E-state index in [1.54, 1.807) is 11.1 Å². The summed E-state index contributed by atoms with van der Waals surface area (Å²) in [5, 5.41) is 0. The zero-order valence-corrected chi connectivity index (χ0v) is 19.5. The van der Waals surface area contributed by atoms with E-state index in [1.165, 1.54) is 0 Å². The number of anilines is 1. The van der Waals surface area contributed by atoms with Gasteiger partial charge in [0.2, 0.25) is 0 Å². The van der Waals surface area contributed by atoms with Crippen molar-refractivity contribution in [2.75, 3.05) is 24.5 Å². The summed E-state index contributed by atoms with van der Waals surface area (Å²) in [5.74, 6) is 0.600. The summed E-state index contributed by atoms with van der Waals surface area (Å²) in [6.45, 7) is 15.9. The van der Waals surface area contributed by atoms with Crippen LogP contribution in [0, 0.1) is 5.41 Å². The normalized spacial score (nSPS) is 17.0. The van der Waals surface area contributed by atoms with Gasteiger partial charge in [0.1, 0.15) is 18.0 Å². The lowest BCUT2D eigenvalue weighted by molar-refractivity contribution is -0.147. The van der Waals surface area contributed by atoms with Crippen LogP contribution in [0.3, 0.4) is 0 Å². The van der Waals surface area contributed by atoms with Crippen molar-refractivity contribution in [3.05, 3.63) is 23.9 Å². The molecular formula is C23H37N3O4. The Bertz CT molecular complexity index is 737. The second kappa shape index (κ2) is 9.67. The number of amides is 1. The minimum atomic E-state index is -0.520. The Labute approximate surface area is 180 Å². The number of carbonyl (C=O) groups is 2. The second-order valence-corrected chi connectivity index (χ2v) is 10.0. The number of aromatic nitrogens is 1. The molecule has 1 aromatic heterocycles. The summed E-state index contributed by atoms with van der Waals surface area (Å²) in [7, 11) is 0. The number of ether oxygens (including phenoxy) is 2. The molecule has 30 heavy (non-hydrogen) atoms. The molecule has 0 N–H and O–H groups in total. The number of carbonyl (C=O) groups excluding carboxylic acids is 2. The van der Waals surface area contributed by atoms with Crippen LogP contribution in [-0.4, -0.2) is 53.2 Å². The second-order valence-electron chi connectivity index (χ2n) is 10.0. The number of hydrogen-bond acceptors (Lipinski definition) is 6. The molecule has 168 valence electrons. The SMILES string of the molecule is CCN(C(=O)OC(C)(C)C)C1CCN(c2ncccc2COC(=O)CC(C)(C)C)C1. The molecule has 7 nitrogen and oxygen atoms in total. The molecule has 1 atom stereocenters. The van der Waals surface area contributed by atoms with E-state index < -0.39 is 5.60 Å². The molecule has 1 aliphatic rings. The number of esters is 1. The smallest absolute Gasteiger partial charge is 0.410 e. The predicted octanol–water partition coefficient (Wildman–Crippen LogP) is 4.40. The van der Waals surface area contributed by atoms with Crippen LogP contribution in [-0.2, 0) is 20.9 Å². The first-order valence-corrected chi connectivity index (χ1v) is 10.7. The van der Waals surface area contributed by atoms with Crippen LogP contribution in [0.15, 0.2) is 18.3 Å². The van der Waals surface area contributed by atoms with Crippen molar-refractivity contribution >= 4 is 17.9 Å². The highest BCUT2D eigenvalue weighted by Gasteiger charge is 2.33. The fourth-order valence-corrected chi connectivity index (χ4v) is 3.52. The number of pyridine rings is 1. The first kappa shape index (κ1) is 24.0. The van der Waals surface area contributed by atoms with Gasteiger partial charge in [-0.2, -0.15) is 0 Å². The molecule has 7 heteroatoms. The third-order valence-corrected chi connectivity index (χ3v) is 4.80. The average Bonchev–Trinajstić information content (AvgIpc) is 3.07. The van der Waals surface area contributed by atoms with Crippen LogP contribution in [0.5, 0.6) is 0 Å². The maximum atomic E-state index is 12.6. The Balaban J connectivity index is 2.04. The van der Waals surface area contributed by atoms with Gasteiger partial charge in [0.15, 0.2) is 0 Å². The van der Waals surface area contributed by atoms with Crippen molar-refractivity contribution in [2.45, 2.75) is 79.6 Å². The average molecular weight is 420 g/mol. The first-order valence-electron chi connectivity index (χ1n) is 10.7. The monoisotopic (exact) mass is 419 g/mol. The fraction of sp³-hybridized carbons (Fsp3) is 0.696. The van der Waals surface area contributed by atoms with E-state index in [-0.39, 0.29) is 30.1 Å². The molecule has 0 radical (unpaired) electrons. The lowest BCUT2D eigenvalue weighted by Crippen LogP contribution is -2.44. The lowest BCUT2D eigenvalue weighted by Gasteiger charge is -2.31. The fourth-order valence-electron chi connectivity index (χ4n) is 3.52. The standard InChI is InChI=1S/C23H37N3O4/c1-8-26(21(28)30-23(5,6)7)18-11-13-25(15-18)20-17(10-9-12-24-20)16-29-19(27)14-22(2,3)4/h9-10,12,18H,8,11,13-16H2,1-7H3. The topological polar surface area (TPSA) is 72.0 Å². The van der Waals surface area contributed by atoms with Crippen LogP contribution in [0.25, 0.3) is 0 Å². The van der Waals surface area contributed by atoms with Crippen LogP contribution < -0.4 is 4.90 Å². The summed E-state index contributed by atoms with van der Waals surface area (Å²) in [5.41, 5.74) is 0.247. The molecule has 1 unspecified atom stereocenters. The Kier molecular flexibility index (Phi) is 7.72. The van der Waals surface area contributed by atoms with Crippen molar-refractivity contribution in [3.63, 3.8) is 0 Å². The Morgan fingerprint density at radius 3 is 2.53 bits per heavy atom. The molecule has 1 aliphatic heterocycles. The number of hydrogen-bond donors (Lipinski definition) is 0. The molecule has 0 aliphatic carbocycles. The van der Waals surface area contributed by atoms with Gasteiger partial charge in [-0.15, -0.1) is 0 Å². The molecule has 0 spiro atoms. The predicted molar refractivity (Wildman–Crippen MR) is 117 cm³/mol. The van der Waals surface area contributed by atoms with Crippen LogP contribution >= 0.6 is 0 Å². The summed E-state index contributed by atoms with van der Waals surface area (Å²) >= 11 is 0. The van der Waals surface area contributed by atoms with Gasteiger partial charge in [0.05, 0.1) is 12.5 Å². The van der Waals surface area contributed by atoms with Gasteiger partial charge >= 0.3 is 12.1 Å². The van der Waals surface area contributed by atoms with E-state index in [0.29, 0.717) is 19.5 Å². The lowest BCUT2D eigenvalue weighted by atomic mass is 9.92. The van der Waals surface area contributed by atoms with Crippen molar-refractivity contribution in [1.29, 1.82) is 0 Å². The zero-order chi connectivity index (χ0) is 22.5. The summed E-state index contributed by atoms with van der Waals surface area (Å²) in [4.78, 5) is 33.2. The van der Waals surface area contributed by atoms with Crippen LogP contribution in [0.4, 0.5) is 10.6 Å². The van der Waals surface area contributed by atoms with Gasteiger partial charge in [-0.3, -0.25) is 4.79 Å². The molecule has 1 saturated heterocycles. The molecule has 1 fully saturated rings. The van der Waals surface area contributed by atoms with Gasteiger partial charge in [-0.1, -0.05) is 26.8 Å². The number of nitrogens with zero attached hydrogens (tertiary/aromatic N) is 3. The van der Waals surface area contributed by atoms with E-state index in [2.05, 4.69) is 9.88 Å². The minimum absolute atomic E-state index is 0.0585. The van der Waals surface area contributed by atoms with Crippen molar-refractivity contribution in [1.82, 2.24) is 9.88 Å². The van der Waals surface area contributed by atoms with E-state index in [4.69, 9.17) is 9.47 Å². The maximum Gasteiger partial charge on any atom is 0.410 e. The third-order valence-electron chi connectivity index (χ3n) is 4.80. The van der Waals surface area contributed by atoms with Gasteiger partial charge in [0.25, 0.3) is 0 Å². The highest BCUT2D eigenvalue weighted by molar-refractivity contribution is 5.70. The first-order chi connectivity index (χ1) is 13.9. The molecular weight excluding hydrogens is 382 g/mol. The van der Waals surface area contributed by atoms with Crippen LogP contribution in [0.1, 0.15) is 66.9 Å². The highest BCUT2D eigenvalue weighted by atomic mass is 16.6. The summed E-state index contributed by atoms with van der Waals surface area (Å²) in [6.07, 6.45) is 2.67. The zero-order valence-electron chi connectivity index (χ0n) is 19.5. The maximum absolute atomic E-state index is 12.6. The minimum Gasteiger partial charge on any atom is -0.461 e. The molecule has 1 amide bonds. The third kappa shape index (κ3) is 7.18. The number of rotatable bonds is 6. The number of likely N-dealkylation sites (N-methyl/N-ethyl adjacent to an activating group) is 1. The van der Waals surface area contributed by atoms with Gasteiger partial charge in [-0.05, 0) is 45.6 Å². The van der Waals surface area contributed by atoms with Gasteiger partial charge < -0.3 is 19.3 Å². The largest absolute Gasteiger partial charge is 0.461 e. The van der Waals surface area contributed by atoms with E-state index in [0.717, 1.165) is 24.3 Å². The van der Waals surface area contributed by atoms with E-state index in [9.17, 15) is 9.59 Å². The van der Waals surface area contributed by atoms with E-state index >= 15 is 0 Å². The Hall–Kier alpha value is -2.31. The Morgan fingerprint density at radius 1 is 1.23 bits per heavy atom. The molecule has 0 saturated carbocycles. The highest BCUT2D eigenvalue weighted by Crippen LogP contribution is 2.26. The summed E-state index contributed by atoms with van der Waals surface area (Å²) < 4.78 is 11.1. The molecule has 0 aromatic carbocycles. The van der Waals surface area contributed by atoms with Crippen LogP contribution in [0.2, 0.25) is 0 Å². The van der Waals surface area contributed by atoms with Crippen molar-refractivity contribution in [3.8, 4) is 0 Å². The van der Waals surface area contributed by atoms with Gasteiger partial charge in [-0.25, -0.2) is 9.78 Å². The Morgan fingerprint density at radius 2 is 1.93 bits per heavy atom. The molecule has 1 aromatic rings. The molecule has 2 rings (SSSR count). The molecule has 0 bridgehead atoms. The quantitative estimate of drug-likeness (QED) is 0.637. The molecule has 2 heterocycles. The van der Waals surface area contributed by atoms with Crippen molar-refractivity contribution < 1.29 is 19.1 Å². The summed E-state index contributed by atoms with van der Waals surface area (Å²) in [6, 6.07) is 3.84. The van der Waals surface area contributed by atoms with E-state index in [1.807, 2.05) is 60.6 Å². The van der Waals surface area contributed by atoms with Crippen molar-refractivity contribution in [2.24, 2.45) is 5.41 Å². The van der Waals surface area contributed by atoms with Gasteiger partial charge in [0, 0.05) is 31.4 Å².